The summed E-state index contributed by atoms with van der Waals surface area (Å²) in [5, 5.41) is 12.7. The molecule has 21 heavy (non-hydrogen) atoms. The molecular weight excluding hydrogens is 304 g/mol. The summed E-state index contributed by atoms with van der Waals surface area (Å²) < 4.78 is 4.04. The summed E-state index contributed by atoms with van der Waals surface area (Å²) in [6, 6.07) is 9.47. The number of hydrogen-bond donors (Lipinski definition) is 1. The van der Waals surface area contributed by atoms with Crippen LogP contribution in [0, 0.1) is 18.3 Å². The van der Waals surface area contributed by atoms with E-state index in [0.717, 1.165) is 22.7 Å². The number of rotatable bonds is 4. The molecule has 1 aromatic heterocycles. The smallest absolute Gasteiger partial charge is 0.268 e. The normalized spacial score (nSPS) is 11.0. The van der Waals surface area contributed by atoms with Gasteiger partial charge >= 0.3 is 0 Å². The number of benzene rings is 1. The molecular formula is C14H12N4OS2. The van der Waals surface area contributed by atoms with E-state index in [1.54, 1.807) is 6.08 Å². The fourth-order valence-electron chi connectivity index (χ4n) is 1.49. The highest BCUT2D eigenvalue weighted by Crippen LogP contribution is 2.18. The lowest BCUT2D eigenvalue weighted by molar-refractivity contribution is -0.112. The van der Waals surface area contributed by atoms with Crippen molar-refractivity contribution < 1.29 is 4.79 Å². The largest absolute Gasteiger partial charge is 0.296 e. The third-order valence-electron chi connectivity index (χ3n) is 2.56. The lowest BCUT2D eigenvalue weighted by Gasteiger charge is -2.00. The summed E-state index contributed by atoms with van der Waals surface area (Å²) in [6.45, 7) is 1.98. The van der Waals surface area contributed by atoms with Gasteiger partial charge in [-0.25, -0.2) is 0 Å². The minimum atomic E-state index is -0.484. The third-order valence-corrected chi connectivity index (χ3v) is 3.86. The van der Waals surface area contributed by atoms with Crippen molar-refractivity contribution in [1.82, 2.24) is 9.36 Å². The van der Waals surface area contributed by atoms with Crippen molar-refractivity contribution >= 4 is 40.4 Å². The third kappa shape index (κ3) is 4.15. The Morgan fingerprint density at radius 3 is 2.71 bits per heavy atom. The molecule has 0 spiro atoms. The van der Waals surface area contributed by atoms with E-state index in [1.807, 2.05) is 43.5 Å². The molecule has 1 aromatic carbocycles. The van der Waals surface area contributed by atoms with Crippen LogP contribution in [0.3, 0.4) is 0 Å². The predicted molar refractivity (Wildman–Crippen MR) is 85.1 cm³/mol. The van der Waals surface area contributed by atoms with E-state index in [9.17, 15) is 4.79 Å². The van der Waals surface area contributed by atoms with E-state index in [2.05, 4.69) is 14.7 Å². The Morgan fingerprint density at radius 2 is 2.14 bits per heavy atom. The van der Waals surface area contributed by atoms with E-state index in [1.165, 1.54) is 11.8 Å². The standard InChI is InChI=1S/C14H12N4OS2/c1-9-3-5-10(6-4-9)7-11(8-15)12(19)16-13-17-14(20-2)18-21-13/h3-7H,1-2H3,(H,16,17,18,19)/b11-7-. The average molecular weight is 316 g/mol. The highest BCUT2D eigenvalue weighted by molar-refractivity contribution is 7.98. The van der Waals surface area contributed by atoms with Gasteiger partial charge in [0.2, 0.25) is 10.3 Å². The van der Waals surface area contributed by atoms with Gasteiger partial charge in [0.25, 0.3) is 5.91 Å². The zero-order chi connectivity index (χ0) is 15.2. The van der Waals surface area contributed by atoms with Gasteiger partial charge < -0.3 is 0 Å². The Labute approximate surface area is 130 Å². The summed E-state index contributed by atoms with van der Waals surface area (Å²) in [7, 11) is 0. The van der Waals surface area contributed by atoms with E-state index in [0.29, 0.717) is 10.3 Å². The second kappa shape index (κ2) is 7.02. The zero-order valence-electron chi connectivity index (χ0n) is 11.5. The molecule has 0 aliphatic carbocycles. The zero-order valence-corrected chi connectivity index (χ0v) is 13.1. The van der Waals surface area contributed by atoms with Crippen LogP contribution in [0.1, 0.15) is 11.1 Å². The fraction of sp³-hybridized carbons (Fsp3) is 0.143. The van der Waals surface area contributed by atoms with Gasteiger partial charge in [0.05, 0.1) is 0 Å². The van der Waals surface area contributed by atoms with Crippen LogP contribution in [-0.4, -0.2) is 21.5 Å². The molecule has 0 bridgehead atoms. The van der Waals surface area contributed by atoms with Crippen molar-refractivity contribution in [1.29, 1.82) is 5.26 Å². The van der Waals surface area contributed by atoms with Crippen molar-refractivity contribution in [2.75, 3.05) is 11.6 Å². The molecule has 0 saturated heterocycles. The molecule has 0 atom stereocenters. The Bertz CT molecular complexity index is 713. The van der Waals surface area contributed by atoms with Crippen LogP contribution < -0.4 is 5.32 Å². The fourth-order valence-corrected chi connectivity index (χ4v) is 2.61. The van der Waals surface area contributed by atoms with Crippen LogP contribution in [-0.2, 0) is 4.79 Å². The molecule has 0 radical (unpaired) electrons. The van der Waals surface area contributed by atoms with Crippen LogP contribution in [0.4, 0.5) is 5.13 Å². The number of nitriles is 1. The van der Waals surface area contributed by atoms with E-state index < -0.39 is 5.91 Å². The van der Waals surface area contributed by atoms with Crippen molar-refractivity contribution in [3.63, 3.8) is 0 Å². The topological polar surface area (TPSA) is 78.7 Å². The summed E-state index contributed by atoms with van der Waals surface area (Å²) in [4.78, 5) is 16.1. The van der Waals surface area contributed by atoms with Crippen molar-refractivity contribution in [3.8, 4) is 6.07 Å². The van der Waals surface area contributed by atoms with Gasteiger partial charge in [-0.1, -0.05) is 41.6 Å². The minimum Gasteiger partial charge on any atom is -0.296 e. The quantitative estimate of drug-likeness (QED) is 0.532. The van der Waals surface area contributed by atoms with Gasteiger partial charge in [-0.2, -0.15) is 14.6 Å². The van der Waals surface area contributed by atoms with E-state index in [4.69, 9.17) is 5.26 Å². The second-order valence-electron chi connectivity index (χ2n) is 4.12. The average Bonchev–Trinajstić information content (AvgIpc) is 2.94. The first-order chi connectivity index (χ1) is 10.1. The monoisotopic (exact) mass is 316 g/mol. The molecule has 0 unspecified atom stereocenters. The molecule has 7 heteroatoms. The number of carbonyl (C=O) groups excluding carboxylic acids is 1. The summed E-state index contributed by atoms with van der Waals surface area (Å²) in [5.41, 5.74) is 1.95. The Morgan fingerprint density at radius 1 is 1.43 bits per heavy atom. The SMILES string of the molecule is CSc1nsc(NC(=O)/C(C#N)=C\c2ccc(C)cc2)n1. The van der Waals surface area contributed by atoms with Crippen molar-refractivity contribution in [2.45, 2.75) is 12.1 Å². The molecule has 2 aromatic rings. The minimum absolute atomic E-state index is 0.0276. The Balaban J connectivity index is 2.15. The Hall–Kier alpha value is -2.17. The molecule has 1 N–H and O–H groups in total. The number of anilines is 1. The lowest BCUT2D eigenvalue weighted by atomic mass is 10.1. The van der Waals surface area contributed by atoms with Gasteiger partial charge in [0.1, 0.15) is 11.6 Å². The number of carbonyl (C=O) groups is 1. The van der Waals surface area contributed by atoms with Crippen LogP contribution in [0.2, 0.25) is 0 Å². The number of aryl methyl sites for hydroxylation is 1. The molecule has 0 fully saturated rings. The molecule has 1 heterocycles. The first kappa shape index (κ1) is 15.2. The summed E-state index contributed by atoms with van der Waals surface area (Å²) >= 11 is 2.48. The van der Waals surface area contributed by atoms with Gasteiger partial charge in [-0.15, -0.1) is 0 Å². The molecule has 0 aliphatic heterocycles. The number of hydrogen-bond acceptors (Lipinski definition) is 6. The van der Waals surface area contributed by atoms with Gasteiger partial charge in [0, 0.05) is 11.5 Å². The molecule has 5 nitrogen and oxygen atoms in total. The van der Waals surface area contributed by atoms with Crippen LogP contribution in [0.15, 0.2) is 35.0 Å². The summed E-state index contributed by atoms with van der Waals surface area (Å²) in [6.07, 6.45) is 3.40. The number of amides is 1. The van der Waals surface area contributed by atoms with E-state index >= 15 is 0 Å². The summed E-state index contributed by atoms with van der Waals surface area (Å²) in [5.74, 6) is -0.484. The van der Waals surface area contributed by atoms with Crippen LogP contribution >= 0.6 is 23.3 Å². The first-order valence-corrected chi connectivity index (χ1v) is 7.99. The Kier molecular flexibility index (Phi) is 5.09. The second-order valence-corrected chi connectivity index (χ2v) is 5.65. The van der Waals surface area contributed by atoms with Gasteiger partial charge in [-0.05, 0) is 24.8 Å². The van der Waals surface area contributed by atoms with Crippen molar-refractivity contribution in [2.24, 2.45) is 0 Å². The maximum atomic E-state index is 12.0. The highest BCUT2D eigenvalue weighted by Gasteiger charge is 2.12. The molecule has 0 aliphatic rings. The maximum Gasteiger partial charge on any atom is 0.268 e. The van der Waals surface area contributed by atoms with E-state index in [-0.39, 0.29) is 5.57 Å². The highest BCUT2D eigenvalue weighted by atomic mass is 32.2. The predicted octanol–water partition coefficient (Wildman–Crippen LogP) is 3.11. The van der Waals surface area contributed by atoms with Gasteiger partial charge in [-0.3, -0.25) is 10.1 Å². The van der Waals surface area contributed by atoms with Gasteiger partial charge in [0.15, 0.2) is 0 Å². The molecule has 2 rings (SSSR count). The van der Waals surface area contributed by atoms with Crippen LogP contribution in [0.5, 0.6) is 0 Å². The molecule has 106 valence electrons. The number of aromatic nitrogens is 2. The number of nitrogens with zero attached hydrogens (tertiary/aromatic N) is 3. The first-order valence-electron chi connectivity index (χ1n) is 6.00. The molecule has 0 saturated carbocycles. The van der Waals surface area contributed by atoms with Crippen LogP contribution in [0.25, 0.3) is 6.08 Å². The van der Waals surface area contributed by atoms with Crippen molar-refractivity contribution in [3.05, 3.63) is 41.0 Å². The maximum absolute atomic E-state index is 12.0. The molecule has 1 amide bonds. The lowest BCUT2D eigenvalue weighted by Crippen LogP contribution is -2.13. The number of nitrogens with one attached hydrogen (secondary N) is 1. The number of thioether (sulfide) groups is 1.